The third-order valence-electron chi connectivity index (χ3n) is 3.87. The van der Waals surface area contributed by atoms with E-state index in [1.807, 2.05) is 38.1 Å². The minimum absolute atomic E-state index is 0.0377. The number of aryl methyl sites for hydroxylation is 2. The molecule has 132 valence electrons. The Kier molecular flexibility index (Phi) is 4.58. The van der Waals surface area contributed by atoms with E-state index in [0.717, 1.165) is 5.56 Å². The maximum atomic E-state index is 12.5. The first-order chi connectivity index (χ1) is 11.9. The van der Waals surface area contributed by atoms with Gasteiger partial charge in [0.05, 0.1) is 18.4 Å². The van der Waals surface area contributed by atoms with E-state index < -0.39 is 10.0 Å². The first-order valence-corrected chi connectivity index (χ1v) is 9.37. The van der Waals surface area contributed by atoms with E-state index in [1.165, 1.54) is 18.1 Å². The monoisotopic (exact) mass is 360 g/mol. The Labute approximate surface area is 146 Å². The predicted molar refractivity (Wildman–Crippen MR) is 93.7 cm³/mol. The predicted octanol–water partition coefficient (Wildman–Crippen LogP) is 1.96. The lowest BCUT2D eigenvalue weighted by Crippen LogP contribution is -2.15. The third-order valence-corrected chi connectivity index (χ3v) is 5.31. The lowest BCUT2D eigenvalue weighted by atomic mass is 10.1. The molecule has 0 unspecified atom stereocenters. The molecule has 0 fully saturated rings. The Morgan fingerprint density at radius 3 is 2.52 bits per heavy atom. The van der Waals surface area contributed by atoms with E-state index in [9.17, 15) is 8.42 Å². The zero-order chi connectivity index (χ0) is 18.0. The second-order valence-corrected chi connectivity index (χ2v) is 7.42. The molecule has 0 aliphatic rings. The molecule has 0 bridgehead atoms. The van der Waals surface area contributed by atoms with E-state index in [0.29, 0.717) is 18.8 Å². The fourth-order valence-electron chi connectivity index (χ4n) is 2.49. The molecule has 0 radical (unpaired) electrons. The molecule has 0 amide bonds. The Bertz CT molecular complexity index is 972. The number of nitrogens with zero attached hydrogens (tertiary/aromatic N) is 5. The Hall–Kier alpha value is -2.68. The average Bonchev–Trinajstić information content (AvgIpc) is 3.15. The summed E-state index contributed by atoms with van der Waals surface area (Å²) in [6, 6.07) is 8.04. The molecule has 0 aliphatic carbocycles. The largest absolute Gasteiger partial charge is 0.269 e. The van der Waals surface area contributed by atoms with Crippen LogP contribution < -0.4 is 4.72 Å². The lowest BCUT2D eigenvalue weighted by molar-refractivity contribution is 0.597. The molecule has 9 heteroatoms. The molecule has 2 heterocycles. The zero-order valence-electron chi connectivity index (χ0n) is 14.3. The van der Waals surface area contributed by atoms with E-state index in [4.69, 9.17) is 0 Å². The molecule has 8 nitrogen and oxygen atoms in total. The normalized spacial score (nSPS) is 11.6. The van der Waals surface area contributed by atoms with Crippen molar-refractivity contribution < 1.29 is 8.42 Å². The van der Waals surface area contributed by atoms with E-state index in [1.54, 1.807) is 16.3 Å². The van der Waals surface area contributed by atoms with Crippen LogP contribution in [0.3, 0.4) is 0 Å². The second-order valence-electron chi connectivity index (χ2n) is 5.77. The van der Waals surface area contributed by atoms with Crippen LogP contribution in [0, 0.1) is 13.8 Å². The van der Waals surface area contributed by atoms with Crippen molar-refractivity contribution in [3.05, 3.63) is 53.6 Å². The van der Waals surface area contributed by atoms with Crippen molar-refractivity contribution in [2.24, 2.45) is 0 Å². The summed E-state index contributed by atoms with van der Waals surface area (Å²) in [5, 5.41) is 8.25. The highest BCUT2D eigenvalue weighted by Crippen LogP contribution is 2.17. The smallest absolute Gasteiger partial charge is 0.267 e. The number of benzene rings is 1. The van der Waals surface area contributed by atoms with E-state index in [-0.39, 0.29) is 10.8 Å². The van der Waals surface area contributed by atoms with Gasteiger partial charge in [-0.3, -0.25) is 4.68 Å². The molecule has 3 aromatic rings. The molecule has 0 saturated heterocycles. The van der Waals surface area contributed by atoms with Crippen LogP contribution in [-0.4, -0.2) is 33.0 Å². The number of rotatable bonds is 6. The summed E-state index contributed by atoms with van der Waals surface area (Å²) in [7, 11) is -3.77. The standard InChI is InChI=1S/C16H20N6O2S/c1-4-22-13(3)15(9-18-22)25(23,24)20-16-17-11-21(19-16)10-14-7-5-12(2)6-8-14/h5-9,11H,4,10H2,1-3H3,(H,19,20). The number of sulfonamides is 1. The van der Waals surface area contributed by atoms with Gasteiger partial charge in [-0.25, -0.2) is 17.8 Å². The number of aromatic nitrogens is 5. The number of nitrogens with one attached hydrogen (secondary N) is 1. The minimum atomic E-state index is -3.77. The van der Waals surface area contributed by atoms with Crippen LogP contribution >= 0.6 is 0 Å². The SMILES string of the molecule is CCn1ncc(S(=O)(=O)Nc2ncn(Cc3ccc(C)cc3)n2)c1C. The second kappa shape index (κ2) is 6.67. The summed E-state index contributed by atoms with van der Waals surface area (Å²) in [4.78, 5) is 4.16. The summed E-state index contributed by atoms with van der Waals surface area (Å²) in [6.07, 6.45) is 2.84. The fraction of sp³-hybridized carbons (Fsp3) is 0.312. The van der Waals surface area contributed by atoms with E-state index in [2.05, 4.69) is 19.9 Å². The van der Waals surface area contributed by atoms with Gasteiger partial charge in [-0.2, -0.15) is 10.1 Å². The molecule has 0 saturated carbocycles. The summed E-state index contributed by atoms with van der Waals surface area (Å²) < 4.78 is 30.6. The van der Waals surface area contributed by atoms with Crippen molar-refractivity contribution in [3.63, 3.8) is 0 Å². The van der Waals surface area contributed by atoms with Crippen molar-refractivity contribution >= 4 is 16.0 Å². The summed E-state index contributed by atoms with van der Waals surface area (Å²) in [5.74, 6) is 0.0377. The van der Waals surface area contributed by atoms with Crippen LogP contribution in [-0.2, 0) is 23.1 Å². The van der Waals surface area contributed by atoms with Gasteiger partial charge in [0.15, 0.2) is 0 Å². The lowest BCUT2D eigenvalue weighted by Gasteiger charge is -2.05. The van der Waals surface area contributed by atoms with Gasteiger partial charge in [0, 0.05) is 6.54 Å². The molecule has 25 heavy (non-hydrogen) atoms. The zero-order valence-corrected chi connectivity index (χ0v) is 15.2. The molecular weight excluding hydrogens is 340 g/mol. The maximum absolute atomic E-state index is 12.5. The Morgan fingerprint density at radius 1 is 1.16 bits per heavy atom. The summed E-state index contributed by atoms with van der Waals surface area (Å²) in [6.45, 7) is 6.76. The van der Waals surface area contributed by atoms with Crippen molar-refractivity contribution in [2.45, 2.75) is 38.8 Å². The molecule has 3 rings (SSSR count). The molecule has 1 aromatic carbocycles. The highest BCUT2D eigenvalue weighted by molar-refractivity contribution is 7.92. The maximum Gasteiger partial charge on any atom is 0.267 e. The fourth-order valence-corrected chi connectivity index (χ4v) is 3.61. The molecule has 0 spiro atoms. The van der Waals surface area contributed by atoms with Crippen LogP contribution in [0.5, 0.6) is 0 Å². The molecule has 0 atom stereocenters. The van der Waals surface area contributed by atoms with Crippen molar-refractivity contribution in [1.29, 1.82) is 0 Å². The quantitative estimate of drug-likeness (QED) is 0.725. The number of hydrogen-bond donors (Lipinski definition) is 1. The van der Waals surface area contributed by atoms with Gasteiger partial charge in [0.1, 0.15) is 11.2 Å². The Morgan fingerprint density at radius 2 is 1.88 bits per heavy atom. The van der Waals surface area contributed by atoms with Gasteiger partial charge in [-0.05, 0) is 26.3 Å². The van der Waals surface area contributed by atoms with Crippen LogP contribution in [0.25, 0.3) is 0 Å². The van der Waals surface area contributed by atoms with Crippen LogP contribution in [0.1, 0.15) is 23.7 Å². The molecule has 0 aliphatic heterocycles. The van der Waals surface area contributed by atoms with Crippen molar-refractivity contribution in [3.8, 4) is 0 Å². The minimum Gasteiger partial charge on any atom is -0.269 e. The average molecular weight is 360 g/mol. The van der Waals surface area contributed by atoms with Gasteiger partial charge < -0.3 is 0 Å². The summed E-state index contributed by atoms with van der Waals surface area (Å²) >= 11 is 0. The van der Waals surface area contributed by atoms with Gasteiger partial charge >= 0.3 is 0 Å². The van der Waals surface area contributed by atoms with Gasteiger partial charge in [0.25, 0.3) is 16.0 Å². The molecule has 1 N–H and O–H groups in total. The first kappa shape index (κ1) is 17.2. The molecular formula is C16H20N6O2S. The third kappa shape index (κ3) is 3.71. The highest BCUT2D eigenvalue weighted by atomic mass is 32.2. The van der Waals surface area contributed by atoms with Crippen molar-refractivity contribution in [2.75, 3.05) is 4.72 Å². The van der Waals surface area contributed by atoms with Gasteiger partial charge in [-0.15, -0.1) is 5.10 Å². The number of hydrogen-bond acceptors (Lipinski definition) is 5. The van der Waals surface area contributed by atoms with Gasteiger partial charge in [0.2, 0.25) is 0 Å². The summed E-state index contributed by atoms with van der Waals surface area (Å²) in [5.41, 5.74) is 2.82. The molecule has 2 aromatic heterocycles. The van der Waals surface area contributed by atoms with Crippen LogP contribution in [0.15, 0.2) is 41.7 Å². The van der Waals surface area contributed by atoms with E-state index >= 15 is 0 Å². The number of anilines is 1. The van der Waals surface area contributed by atoms with Gasteiger partial charge in [-0.1, -0.05) is 29.8 Å². The van der Waals surface area contributed by atoms with Crippen LogP contribution in [0.4, 0.5) is 5.95 Å². The first-order valence-electron chi connectivity index (χ1n) is 7.89. The Balaban J connectivity index is 1.76. The topological polar surface area (TPSA) is 94.7 Å². The highest BCUT2D eigenvalue weighted by Gasteiger charge is 2.22. The van der Waals surface area contributed by atoms with Crippen molar-refractivity contribution in [1.82, 2.24) is 24.5 Å². The van der Waals surface area contributed by atoms with Crippen LogP contribution in [0.2, 0.25) is 0 Å².